The van der Waals surface area contributed by atoms with Gasteiger partial charge in [0.25, 0.3) is 5.91 Å². The number of Topliss-reactive ketones (excluding diaryl/α,β-unsaturated/α-hetero) is 1. The number of imidazole rings is 1. The highest BCUT2D eigenvalue weighted by Crippen LogP contribution is 2.25. The fraction of sp³-hybridized carbons (Fsp3) is 0.552. The maximum absolute atomic E-state index is 13.3. The summed E-state index contributed by atoms with van der Waals surface area (Å²) in [5.74, 6) is -2.05. The molecule has 1 fully saturated rings. The molecule has 1 aromatic heterocycles. The molecule has 1 aromatic rings. The Hall–Kier alpha value is -3.53. The zero-order chi connectivity index (χ0) is 28.7. The number of rotatable bonds is 1. The number of nitrogens with zero attached hydrogens (tertiary/aromatic N) is 2. The minimum absolute atomic E-state index is 0.0152. The number of hydrogen-bond donors (Lipinski definition) is 3. The molecule has 0 saturated carbocycles. The van der Waals surface area contributed by atoms with Crippen molar-refractivity contribution in [2.45, 2.75) is 72.1 Å². The molecule has 39 heavy (non-hydrogen) atoms. The summed E-state index contributed by atoms with van der Waals surface area (Å²) < 4.78 is 5.90. The van der Waals surface area contributed by atoms with Gasteiger partial charge in [-0.05, 0) is 31.8 Å². The van der Waals surface area contributed by atoms with Crippen LogP contribution in [0.2, 0.25) is 0 Å². The van der Waals surface area contributed by atoms with Crippen LogP contribution < -0.4 is 5.32 Å². The number of ether oxygens (including phenoxy) is 1. The van der Waals surface area contributed by atoms with Crippen LogP contribution in [-0.4, -0.2) is 74.9 Å². The zero-order valence-electron chi connectivity index (χ0n) is 23.3. The van der Waals surface area contributed by atoms with Crippen LogP contribution in [0.5, 0.6) is 0 Å². The predicted octanol–water partition coefficient (Wildman–Crippen LogP) is 2.52. The van der Waals surface area contributed by atoms with Crippen LogP contribution in [0.25, 0.3) is 0 Å². The Kier molecular flexibility index (Phi) is 10.4. The normalized spacial score (nSPS) is 31.2. The summed E-state index contributed by atoms with van der Waals surface area (Å²) in [6.45, 7) is 9.87. The molecule has 5 atom stereocenters. The monoisotopic (exact) mass is 540 g/mol. The number of carbonyl (C=O) groups excluding carboxylic acids is 4. The maximum Gasteiger partial charge on any atom is 0.329 e. The first-order valence-corrected chi connectivity index (χ1v) is 13.6. The molecule has 3 heterocycles. The summed E-state index contributed by atoms with van der Waals surface area (Å²) in [4.78, 5) is 60.3. The van der Waals surface area contributed by atoms with E-state index < -0.39 is 36.0 Å². The number of esters is 1. The van der Waals surface area contributed by atoms with Crippen molar-refractivity contribution in [2.75, 3.05) is 13.1 Å². The number of aliphatic hydroxyl groups excluding tert-OH is 1. The number of aromatic nitrogens is 2. The fourth-order valence-corrected chi connectivity index (χ4v) is 4.82. The Bertz CT molecular complexity index is 1150. The Morgan fingerprint density at radius 1 is 1.15 bits per heavy atom. The topological polar surface area (TPSA) is 142 Å². The molecule has 3 rings (SSSR count). The molecule has 3 N–H and O–H groups in total. The Balaban J connectivity index is 1.88. The van der Waals surface area contributed by atoms with Gasteiger partial charge in [0, 0.05) is 31.1 Å². The highest BCUT2D eigenvalue weighted by molar-refractivity contribution is 5.95. The van der Waals surface area contributed by atoms with Gasteiger partial charge in [0.2, 0.25) is 5.91 Å². The van der Waals surface area contributed by atoms with Gasteiger partial charge in [-0.15, -0.1) is 0 Å². The van der Waals surface area contributed by atoms with Crippen molar-refractivity contribution in [2.24, 2.45) is 17.8 Å². The summed E-state index contributed by atoms with van der Waals surface area (Å²) in [6, 6.07) is -0.737. The van der Waals surface area contributed by atoms with Gasteiger partial charge in [-0.2, -0.15) is 0 Å². The van der Waals surface area contributed by atoms with Gasteiger partial charge in [-0.3, -0.25) is 14.4 Å². The van der Waals surface area contributed by atoms with Gasteiger partial charge in [0.05, 0.1) is 12.5 Å². The minimum atomic E-state index is -1.01. The third-order valence-corrected chi connectivity index (χ3v) is 7.18. The first kappa shape index (κ1) is 30.0. The van der Waals surface area contributed by atoms with Crippen molar-refractivity contribution in [3.8, 4) is 0 Å². The second-order valence-electron chi connectivity index (χ2n) is 10.7. The fourth-order valence-electron chi connectivity index (χ4n) is 4.82. The van der Waals surface area contributed by atoms with Crippen molar-refractivity contribution in [1.82, 2.24) is 20.2 Å². The number of H-pyrrole nitrogens is 1. The molecular weight excluding hydrogens is 500 g/mol. The van der Waals surface area contributed by atoms with Gasteiger partial charge in [-0.1, -0.05) is 57.6 Å². The van der Waals surface area contributed by atoms with Gasteiger partial charge < -0.3 is 25.0 Å². The highest BCUT2D eigenvalue weighted by Gasteiger charge is 2.38. The Morgan fingerprint density at radius 2 is 1.90 bits per heavy atom. The smallest absolute Gasteiger partial charge is 0.329 e. The average Bonchev–Trinajstić information content (AvgIpc) is 3.56. The SMILES string of the molecule is CC1=C\[C@@H](O)[C@H](C)C(=O)Cc2nc(c[nH]2)C(=O)N2CCC[C@@H]2C(=O)O[C@H](C(C)C)[C@H](C)/C=C/C(=O)NC\C=C\1. The maximum atomic E-state index is 13.3. The third-order valence-electron chi connectivity index (χ3n) is 7.18. The van der Waals surface area contributed by atoms with Crippen molar-refractivity contribution >= 4 is 23.6 Å². The molecule has 0 spiro atoms. The summed E-state index contributed by atoms with van der Waals surface area (Å²) in [5, 5.41) is 13.3. The first-order valence-electron chi connectivity index (χ1n) is 13.6. The van der Waals surface area contributed by atoms with E-state index in [1.165, 1.54) is 17.2 Å². The van der Waals surface area contributed by atoms with E-state index in [0.29, 0.717) is 25.2 Å². The number of ketones is 1. The van der Waals surface area contributed by atoms with Crippen LogP contribution in [-0.2, 0) is 25.5 Å². The molecule has 0 radical (unpaired) electrons. The molecule has 2 bridgehead atoms. The van der Waals surface area contributed by atoms with Crippen LogP contribution in [0.1, 0.15) is 63.8 Å². The van der Waals surface area contributed by atoms with Crippen LogP contribution in [0, 0.1) is 17.8 Å². The second-order valence-corrected chi connectivity index (χ2v) is 10.7. The number of hydrogen-bond acceptors (Lipinski definition) is 7. The van der Waals surface area contributed by atoms with E-state index in [4.69, 9.17) is 4.74 Å². The molecule has 1 saturated heterocycles. The first-order chi connectivity index (χ1) is 18.5. The van der Waals surface area contributed by atoms with Gasteiger partial charge in [0.15, 0.2) is 0 Å². The van der Waals surface area contributed by atoms with E-state index >= 15 is 0 Å². The van der Waals surface area contributed by atoms with Crippen LogP contribution in [0.15, 0.2) is 42.2 Å². The Labute approximate surface area is 229 Å². The van der Waals surface area contributed by atoms with E-state index in [-0.39, 0.29) is 42.2 Å². The number of aliphatic hydroxyl groups is 1. The van der Waals surface area contributed by atoms with Gasteiger partial charge in [0.1, 0.15) is 29.4 Å². The number of nitrogens with one attached hydrogen (secondary N) is 2. The van der Waals surface area contributed by atoms with E-state index in [2.05, 4.69) is 15.3 Å². The number of cyclic esters (lactones) is 1. The lowest BCUT2D eigenvalue weighted by molar-refractivity contribution is -0.158. The molecule has 2 amide bonds. The molecule has 10 heteroatoms. The largest absolute Gasteiger partial charge is 0.460 e. The molecular formula is C29H40N4O6. The summed E-state index contributed by atoms with van der Waals surface area (Å²) in [6.07, 6.45) is 9.25. The third kappa shape index (κ3) is 7.98. The average molecular weight is 541 g/mol. The van der Waals surface area contributed by atoms with Crippen LogP contribution in [0.4, 0.5) is 0 Å². The van der Waals surface area contributed by atoms with Crippen molar-refractivity contribution < 1.29 is 29.0 Å². The molecule has 0 aromatic carbocycles. The molecule has 0 unspecified atom stereocenters. The van der Waals surface area contributed by atoms with Crippen molar-refractivity contribution in [3.63, 3.8) is 0 Å². The lowest BCUT2D eigenvalue weighted by Crippen LogP contribution is -2.44. The molecule has 2 aliphatic rings. The van der Waals surface area contributed by atoms with E-state index in [0.717, 1.165) is 5.57 Å². The standard InChI is InChI=1S/C29H40N4O6/c1-17(2)27-19(4)10-11-26(36)30-12-6-8-18(3)14-23(34)20(5)24(35)15-25-31-16-21(32-25)28(37)33-13-7-9-22(33)29(38)39-27/h6,8,10-11,14,16-17,19-20,22-23,27,34H,7,9,12-13,15H2,1-5H3,(H,30,36)(H,31,32)/b8-6+,11-10+,18-14+/t19-,20+,22-,23-,27-/m1/s1. The van der Waals surface area contributed by atoms with E-state index in [1.807, 2.05) is 20.8 Å². The summed E-state index contributed by atoms with van der Waals surface area (Å²) in [5.41, 5.74) is 0.860. The highest BCUT2D eigenvalue weighted by atomic mass is 16.5. The quantitative estimate of drug-likeness (QED) is 0.465. The zero-order valence-corrected chi connectivity index (χ0v) is 23.3. The summed E-state index contributed by atoms with van der Waals surface area (Å²) in [7, 11) is 0. The van der Waals surface area contributed by atoms with Crippen LogP contribution >= 0.6 is 0 Å². The van der Waals surface area contributed by atoms with Crippen molar-refractivity contribution in [1.29, 1.82) is 0 Å². The van der Waals surface area contributed by atoms with Crippen molar-refractivity contribution in [3.05, 3.63) is 53.7 Å². The van der Waals surface area contributed by atoms with Crippen LogP contribution in [0.3, 0.4) is 0 Å². The Morgan fingerprint density at radius 3 is 2.62 bits per heavy atom. The molecule has 0 aliphatic carbocycles. The van der Waals surface area contributed by atoms with Gasteiger partial charge >= 0.3 is 5.97 Å². The lowest BCUT2D eigenvalue weighted by Gasteiger charge is -2.29. The second kappa shape index (κ2) is 13.5. The number of fused-ring (bicyclic) bond motifs is 3. The van der Waals surface area contributed by atoms with Gasteiger partial charge in [-0.25, -0.2) is 9.78 Å². The molecule has 2 aliphatic heterocycles. The number of amides is 2. The molecule has 10 nitrogen and oxygen atoms in total. The lowest BCUT2D eigenvalue weighted by atomic mass is 9.94. The molecule has 212 valence electrons. The number of carbonyl (C=O) groups is 4. The van der Waals surface area contributed by atoms with E-state index in [9.17, 15) is 24.3 Å². The number of aromatic amines is 1. The van der Waals surface area contributed by atoms with E-state index in [1.54, 1.807) is 38.2 Å². The number of allylic oxidation sites excluding steroid dienone is 2. The minimum Gasteiger partial charge on any atom is -0.460 e. The summed E-state index contributed by atoms with van der Waals surface area (Å²) >= 11 is 0. The predicted molar refractivity (Wildman–Crippen MR) is 145 cm³/mol.